The summed E-state index contributed by atoms with van der Waals surface area (Å²) in [5.74, 6) is -0.219. The number of thiophene rings is 2. The first-order valence-electron chi connectivity index (χ1n) is 8.80. The SMILES string of the molecule is Cc1cc(NC(=O)c2ccco2)sc1C(=O)NCCc1csc2ccccc12. The van der Waals surface area contributed by atoms with Crippen LogP contribution in [0.5, 0.6) is 0 Å². The smallest absolute Gasteiger partial charge is 0.291 e. The topological polar surface area (TPSA) is 71.3 Å². The molecule has 2 amide bonds. The van der Waals surface area contributed by atoms with E-state index in [9.17, 15) is 9.59 Å². The van der Waals surface area contributed by atoms with Crippen LogP contribution in [-0.2, 0) is 6.42 Å². The van der Waals surface area contributed by atoms with Crippen LogP contribution in [0.1, 0.15) is 31.4 Å². The summed E-state index contributed by atoms with van der Waals surface area (Å²) in [4.78, 5) is 25.2. The average Bonchev–Trinajstić information content (AvgIpc) is 3.42. The number of hydrogen-bond acceptors (Lipinski definition) is 5. The fourth-order valence-electron chi connectivity index (χ4n) is 2.97. The molecule has 0 unspecified atom stereocenters. The molecular formula is C21H18N2O3S2. The number of rotatable bonds is 6. The van der Waals surface area contributed by atoms with Crippen molar-refractivity contribution in [3.05, 3.63) is 75.9 Å². The molecule has 5 nitrogen and oxygen atoms in total. The molecule has 4 rings (SSSR count). The molecule has 0 aliphatic rings. The van der Waals surface area contributed by atoms with Gasteiger partial charge in [-0.3, -0.25) is 9.59 Å². The van der Waals surface area contributed by atoms with Crippen LogP contribution >= 0.6 is 22.7 Å². The zero-order valence-electron chi connectivity index (χ0n) is 15.2. The molecule has 0 aliphatic heterocycles. The standard InChI is InChI=1S/C21H18N2O3S2/c1-13-11-18(23-20(24)16-6-4-10-26-16)28-19(13)21(25)22-9-8-14-12-27-17-7-3-2-5-15(14)17/h2-7,10-12H,8-9H2,1H3,(H,22,25)(H,23,24). The first-order chi connectivity index (χ1) is 13.6. The Balaban J connectivity index is 1.37. The van der Waals surface area contributed by atoms with E-state index in [2.05, 4.69) is 28.1 Å². The van der Waals surface area contributed by atoms with Crippen LogP contribution in [0.2, 0.25) is 0 Å². The van der Waals surface area contributed by atoms with Crippen LogP contribution in [0.15, 0.2) is 58.5 Å². The number of carbonyl (C=O) groups excluding carboxylic acids is 2. The number of fused-ring (bicyclic) bond motifs is 1. The van der Waals surface area contributed by atoms with Crippen LogP contribution < -0.4 is 10.6 Å². The summed E-state index contributed by atoms with van der Waals surface area (Å²) in [6.45, 7) is 2.42. The first kappa shape index (κ1) is 18.5. The van der Waals surface area contributed by atoms with Crippen LogP contribution in [-0.4, -0.2) is 18.4 Å². The van der Waals surface area contributed by atoms with Crippen molar-refractivity contribution in [2.75, 3.05) is 11.9 Å². The summed E-state index contributed by atoms with van der Waals surface area (Å²) < 4.78 is 6.34. The van der Waals surface area contributed by atoms with Gasteiger partial charge in [-0.2, -0.15) is 0 Å². The lowest BCUT2D eigenvalue weighted by Gasteiger charge is -2.04. The summed E-state index contributed by atoms with van der Waals surface area (Å²) >= 11 is 2.98. The number of nitrogens with one attached hydrogen (secondary N) is 2. The van der Waals surface area contributed by atoms with Gasteiger partial charge in [-0.1, -0.05) is 18.2 Å². The summed E-state index contributed by atoms with van der Waals surface area (Å²) in [6.07, 6.45) is 2.23. The van der Waals surface area contributed by atoms with E-state index in [4.69, 9.17) is 4.42 Å². The number of benzene rings is 1. The van der Waals surface area contributed by atoms with E-state index in [0.29, 0.717) is 16.4 Å². The lowest BCUT2D eigenvalue weighted by atomic mass is 10.1. The van der Waals surface area contributed by atoms with E-state index in [1.165, 1.54) is 33.2 Å². The number of carbonyl (C=O) groups is 2. The van der Waals surface area contributed by atoms with Crippen molar-refractivity contribution in [2.24, 2.45) is 0 Å². The Bertz CT molecular complexity index is 1130. The van der Waals surface area contributed by atoms with Gasteiger partial charge in [-0.15, -0.1) is 22.7 Å². The minimum atomic E-state index is -0.331. The van der Waals surface area contributed by atoms with E-state index < -0.39 is 0 Å². The second kappa shape index (κ2) is 8.00. The third-order valence-corrected chi connectivity index (χ3v) is 6.51. The van der Waals surface area contributed by atoms with Crippen LogP contribution in [0.4, 0.5) is 5.00 Å². The predicted molar refractivity (Wildman–Crippen MR) is 114 cm³/mol. The van der Waals surface area contributed by atoms with E-state index in [1.54, 1.807) is 29.5 Å². The van der Waals surface area contributed by atoms with Gasteiger partial charge in [0.2, 0.25) is 0 Å². The van der Waals surface area contributed by atoms with Crippen molar-refractivity contribution in [2.45, 2.75) is 13.3 Å². The second-order valence-corrected chi connectivity index (χ2v) is 8.28. The molecular weight excluding hydrogens is 392 g/mol. The van der Waals surface area contributed by atoms with Crippen LogP contribution in [0.3, 0.4) is 0 Å². The second-order valence-electron chi connectivity index (χ2n) is 6.32. The van der Waals surface area contributed by atoms with Crippen molar-refractivity contribution in [3.8, 4) is 0 Å². The molecule has 4 aromatic rings. The highest BCUT2D eigenvalue weighted by atomic mass is 32.1. The van der Waals surface area contributed by atoms with Crippen molar-refractivity contribution in [3.63, 3.8) is 0 Å². The fourth-order valence-corrected chi connectivity index (χ4v) is 4.95. The van der Waals surface area contributed by atoms with Gasteiger partial charge in [0.1, 0.15) is 0 Å². The van der Waals surface area contributed by atoms with Gasteiger partial charge in [0.15, 0.2) is 5.76 Å². The van der Waals surface area contributed by atoms with Gasteiger partial charge < -0.3 is 15.1 Å². The Kier molecular flexibility index (Phi) is 5.27. The van der Waals surface area contributed by atoms with E-state index in [1.807, 2.05) is 19.1 Å². The molecule has 3 heterocycles. The maximum Gasteiger partial charge on any atom is 0.291 e. The Morgan fingerprint density at radius 1 is 1.11 bits per heavy atom. The summed E-state index contributed by atoms with van der Waals surface area (Å²) in [5.41, 5.74) is 2.08. The molecule has 142 valence electrons. The molecule has 28 heavy (non-hydrogen) atoms. The zero-order chi connectivity index (χ0) is 19.5. The van der Waals surface area contributed by atoms with Crippen LogP contribution in [0.25, 0.3) is 10.1 Å². The number of amides is 2. The maximum atomic E-state index is 12.6. The summed E-state index contributed by atoms with van der Waals surface area (Å²) in [7, 11) is 0. The zero-order valence-corrected chi connectivity index (χ0v) is 16.8. The third-order valence-electron chi connectivity index (χ3n) is 4.35. The Labute approximate surface area is 170 Å². The molecule has 0 spiro atoms. The summed E-state index contributed by atoms with van der Waals surface area (Å²) in [5, 5.41) is 9.76. The van der Waals surface area contributed by atoms with E-state index >= 15 is 0 Å². The Hall–Kier alpha value is -2.90. The summed E-state index contributed by atoms with van der Waals surface area (Å²) in [6, 6.07) is 13.3. The highest BCUT2D eigenvalue weighted by Gasteiger charge is 2.16. The van der Waals surface area contributed by atoms with Crippen molar-refractivity contribution < 1.29 is 14.0 Å². The average molecular weight is 411 g/mol. The monoisotopic (exact) mass is 410 g/mol. The number of aryl methyl sites for hydroxylation is 1. The first-order valence-corrected chi connectivity index (χ1v) is 10.5. The predicted octanol–water partition coefficient (Wildman–Crippen LogP) is 5.09. The van der Waals surface area contributed by atoms with Gasteiger partial charge in [-0.05, 0) is 59.5 Å². The Morgan fingerprint density at radius 3 is 2.79 bits per heavy atom. The molecule has 1 aromatic carbocycles. The molecule has 0 radical (unpaired) electrons. The molecule has 2 N–H and O–H groups in total. The van der Waals surface area contributed by atoms with Crippen molar-refractivity contribution >= 4 is 49.6 Å². The quantitative estimate of drug-likeness (QED) is 0.465. The lowest BCUT2D eigenvalue weighted by molar-refractivity contribution is 0.0956. The van der Waals surface area contributed by atoms with E-state index in [-0.39, 0.29) is 17.6 Å². The minimum Gasteiger partial charge on any atom is -0.459 e. The fraction of sp³-hybridized carbons (Fsp3) is 0.143. The minimum absolute atomic E-state index is 0.125. The van der Waals surface area contributed by atoms with Crippen molar-refractivity contribution in [1.29, 1.82) is 0 Å². The molecule has 0 fully saturated rings. The molecule has 0 saturated heterocycles. The van der Waals surface area contributed by atoms with Crippen LogP contribution in [0, 0.1) is 6.92 Å². The van der Waals surface area contributed by atoms with Gasteiger partial charge in [0, 0.05) is 11.2 Å². The largest absolute Gasteiger partial charge is 0.459 e. The maximum absolute atomic E-state index is 12.6. The third kappa shape index (κ3) is 3.85. The van der Waals surface area contributed by atoms with E-state index in [0.717, 1.165) is 12.0 Å². The molecule has 0 bridgehead atoms. The van der Waals surface area contributed by atoms with Gasteiger partial charge in [0.05, 0.1) is 16.1 Å². The molecule has 3 aromatic heterocycles. The number of furan rings is 1. The molecule has 7 heteroatoms. The van der Waals surface area contributed by atoms with Gasteiger partial charge in [0.25, 0.3) is 11.8 Å². The number of anilines is 1. The van der Waals surface area contributed by atoms with Gasteiger partial charge in [-0.25, -0.2) is 0 Å². The molecule has 0 atom stereocenters. The molecule has 0 saturated carbocycles. The highest BCUT2D eigenvalue weighted by molar-refractivity contribution is 7.18. The van der Waals surface area contributed by atoms with Crippen molar-refractivity contribution in [1.82, 2.24) is 5.32 Å². The highest BCUT2D eigenvalue weighted by Crippen LogP contribution is 2.28. The molecule has 0 aliphatic carbocycles. The number of hydrogen-bond donors (Lipinski definition) is 2. The Morgan fingerprint density at radius 2 is 1.96 bits per heavy atom. The van der Waals surface area contributed by atoms with Gasteiger partial charge >= 0.3 is 0 Å². The normalized spacial score (nSPS) is 10.9. The lowest BCUT2D eigenvalue weighted by Crippen LogP contribution is -2.25.